The highest BCUT2D eigenvalue weighted by Gasteiger charge is 2.41. The van der Waals surface area contributed by atoms with E-state index >= 15 is 0 Å². The normalized spacial score (nSPS) is 23.5. The van der Waals surface area contributed by atoms with Gasteiger partial charge in [0.15, 0.2) is 0 Å². The summed E-state index contributed by atoms with van der Waals surface area (Å²) in [5.41, 5.74) is 3.00. The van der Waals surface area contributed by atoms with Crippen LogP contribution in [0.5, 0.6) is 0 Å². The van der Waals surface area contributed by atoms with Gasteiger partial charge in [-0.2, -0.15) is 0 Å². The van der Waals surface area contributed by atoms with Crippen LogP contribution in [0.3, 0.4) is 0 Å². The van der Waals surface area contributed by atoms with Gasteiger partial charge in [-0.25, -0.2) is 9.78 Å². The van der Waals surface area contributed by atoms with Gasteiger partial charge in [-0.3, -0.25) is 0 Å². The third-order valence-electron chi connectivity index (χ3n) is 4.20. The molecule has 0 radical (unpaired) electrons. The Bertz CT molecular complexity index is 638. The predicted octanol–water partition coefficient (Wildman–Crippen LogP) is 2.97. The molecule has 108 valence electrons. The molecule has 3 heterocycles. The zero-order chi connectivity index (χ0) is 14.8. The van der Waals surface area contributed by atoms with E-state index in [0.29, 0.717) is 0 Å². The van der Waals surface area contributed by atoms with Crippen molar-refractivity contribution in [2.24, 2.45) is 0 Å². The van der Waals surface area contributed by atoms with Crippen LogP contribution in [0, 0.1) is 18.8 Å². The first-order valence-electron chi connectivity index (χ1n) is 7.28. The molecule has 2 aliphatic heterocycles. The van der Waals surface area contributed by atoms with Gasteiger partial charge in [0.05, 0.1) is 0 Å². The number of rotatable bonds is 0. The van der Waals surface area contributed by atoms with Gasteiger partial charge >= 0.3 is 6.09 Å². The van der Waals surface area contributed by atoms with Crippen molar-refractivity contribution in [3.63, 3.8) is 0 Å². The third-order valence-corrected chi connectivity index (χ3v) is 4.20. The molecule has 2 saturated heterocycles. The van der Waals surface area contributed by atoms with Crippen molar-refractivity contribution in [3.05, 3.63) is 41.2 Å². The molecule has 1 amide bonds. The minimum Gasteiger partial charge on any atom is -0.465 e. The number of carboxylic acid groups (broad SMARTS) is 1. The minimum atomic E-state index is -0.781. The quantitative estimate of drug-likeness (QED) is 0.744. The molecular weight excluding hydrogens is 264 g/mol. The molecular formula is C17H18N2O2. The van der Waals surface area contributed by atoms with E-state index in [-0.39, 0.29) is 12.1 Å². The van der Waals surface area contributed by atoms with Crippen molar-refractivity contribution in [3.8, 4) is 11.8 Å². The molecule has 2 aliphatic rings. The molecule has 2 unspecified atom stereocenters. The summed E-state index contributed by atoms with van der Waals surface area (Å²) in [6.07, 6.45) is 4.76. The molecule has 2 atom stereocenters. The number of pyridine rings is 1. The highest BCUT2D eigenvalue weighted by atomic mass is 16.4. The van der Waals surface area contributed by atoms with Crippen LogP contribution in [0.4, 0.5) is 4.79 Å². The number of fused-ring (bicyclic) bond motifs is 2. The van der Waals surface area contributed by atoms with Crippen LogP contribution in [-0.4, -0.2) is 33.2 Å². The van der Waals surface area contributed by atoms with Gasteiger partial charge in [0.2, 0.25) is 0 Å². The van der Waals surface area contributed by atoms with E-state index in [9.17, 15) is 9.90 Å². The topological polar surface area (TPSA) is 53.4 Å². The van der Waals surface area contributed by atoms with Crippen molar-refractivity contribution in [1.29, 1.82) is 0 Å². The molecule has 21 heavy (non-hydrogen) atoms. The van der Waals surface area contributed by atoms with Gasteiger partial charge < -0.3 is 10.0 Å². The number of nitrogens with zero attached hydrogens (tertiary/aromatic N) is 2. The lowest BCUT2D eigenvalue weighted by atomic mass is 9.97. The average molecular weight is 282 g/mol. The van der Waals surface area contributed by atoms with E-state index in [1.165, 1.54) is 5.57 Å². The second-order valence-electron chi connectivity index (χ2n) is 5.72. The van der Waals surface area contributed by atoms with Gasteiger partial charge in [0, 0.05) is 17.8 Å². The molecule has 1 aromatic rings. The van der Waals surface area contributed by atoms with Crippen molar-refractivity contribution in [2.45, 2.75) is 44.7 Å². The molecule has 0 spiro atoms. The summed E-state index contributed by atoms with van der Waals surface area (Å²) in [7, 11) is 0. The lowest BCUT2D eigenvalue weighted by Gasteiger charge is -2.33. The smallest absolute Gasteiger partial charge is 0.407 e. The monoisotopic (exact) mass is 282 g/mol. The third kappa shape index (κ3) is 2.92. The van der Waals surface area contributed by atoms with Crippen LogP contribution >= 0.6 is 0 Å². The number of amides is 1. The Hall–Kier alpha value is -2.28. The van der Waals surface area contributed by atoms with E-state index in [4.69, 9.17) is 0 Å². The van der Waals surface area contributed by atoms with Crippen molar-refractivity contribution >= 4 is 6.09 Å². The van der Waals surface area contributed by atoms with Crippen LogP contribution in [0.25, 0.3) is 0 Å². The summed E-state index contributed by atoms with van der Waals surface area (Å²) in [4.78, 5) is 17.2. The molecule has 1 N–H and O–H groups in total. The number of piperidine rings is 1. The van der Waals surface area contributed by atoms with Gasteiger partial charge in [-0.15, -0.1) is 0 Å². The largest absolute Gasteiger partial charge is 0.465 e. The molecule has 3 rings (SSSR count). The van der Waals surface area contributed by atoms with Crippen molar-refractivity contribution < 1.29 is 9.90 Å². The van der Waals surface area contributed by atoms with E-state index in [1.54, 1.807) is 4.90 Å². The Labute approximate surface area is 124 Å². The molecule has 0 aromatic carbocycles. The number of aromatic nitrogens is 1. The molecule has 2 bridgehead atoms. The van der Waals surface area contributed by atoms with Crippen LogP contribution in [-0.2, 0) is 0 Å². The van der Waals surface area contributed by atoms with E-state index in [0.717, 1.165) is 37.1 Å². The Kier molecular flexibility index (Phi) is 3.66. The van der Waals surface area contributed by atoms with Gasteiger partial charge in [-0.05, 0) is 56.7 Å². The summed E-state index contributed by atoms with van der Waals surface area (Å²) in [6, 6.07) is 6.08. The molecule has 0 saturated carbocycles. The summed E-state index contributed by atoms with van der Waals surface area (Å²) in [6.45, 7) is 1.95. The fraction of sp³-hybridized carbons (Fsp3) is 0.412. The second-order valence-corrected chi connectivity index (χ2v) is 5.72. The average Bonchev–Trinajstić information content (AvgIpc) is 2.71. The van der Waals surface area contributed by atoms with Crippen LogP contribution in [0.2, 0.25) is 0 Å². The fourth-order valence-corrected chi connectivity index (χ4v) is 3.31. The molecule has 1 aromatic heterocycles. The van der Waals surface area contributed by atoms with E-state index < -0.39 is 6.09 Å². The van der Waals surface area contributed by atoms with Crippen LogP contribution < -0.4 is 0 Å². The maximum atomic E-state index is 11.2. The first-order chi connectivity index (χ1) is 10.1. The Morgan fingerprint density at radius 1 is 1.38 bits per heavy atom. The van der Waals surface area contributed by atoms with Crippen LogP contribution in [0.15, 0.2) is 29.8 Å². The standard InChI is InChI=1S/C17H18N2O2/c1-12-4-2-6-14(18-12)7-3-5-13-10-15-8-9-16(11-13)19(15)17(20)21/h2,4-6,15-16H,8-11H2,1H3,(H,20,21). The maximum absolute atomic E-state index is 11.2. The van der Waals surface area contributed by atoms with Crippen molar-refractivity contribution in [1.82, 2.24) is 9.88 Å². The lowest BCUT2D eigenvalue weighted by Crippen LogP contribution is -2.43. The summed E-state index contributed by atoms with van der Waals surface area (Å²) in [5, 5.41) is 9.23. The Balaban J connectivity index is 1.71. The van der Waals surface area contributed by atoms with Crippen LogP contribution in [0.1, 0.15) is 37.1 Å². The van der Waals surface area contributed by atoms with E-state index in [1.807, 2.05) is 31.2 Å². The highest BCUT2D eigenvalue weighted by molar-refractivity contribution is 5.67. The number of hydrogen-bond donors (Lipinski definition) is 1. The number of hydrogen-bond acceptors (Lipinski definition) is 2. The lowest BCUT2D eigenvalue weighted by molar-refractivity contribution is 0.113. The van der Waals surface area contributed by atoms with E-state index in [2.05, 4.69) is 16.8 Å². The number of carbonyl (C=O) groups is 1. The number of allylic oxidation sites excluding steroid dienone is 1. The van der Waals surface area contributed by atoms with Crippen molar-refractivity contribution in [2.75, 3.05) is 0 Å². The second kappa shape index (κ2) is 5.61. The molecule has 0 aliphatic carbocycles. The Morgan fingerprint density at radius 3 is 2.71 bits per heavy atom. The van der Waals surface area contributed by atoms with Gasteiger partial charge in [0.25, 0.3) is 0 Å². The summed E-state index contributed by atoms with van der Waals surface area (Å²) >= 11 is 0. The maximum Gasteiger partial charge on any atom is 0.407 e. The predicted molar refractivity (Wildman–Crippen MR) is 79.8 cm³/mol. The Morgan fingerprint density at radius 2 is 2.10 bits per heavy atom. The zero-order valence-corrected chi connectivity index (χ0v) is 12.0. The number of aryl methyl sites for hydroxylation is 1. The zero-order valence-electron chi connectivity index (χ0n) is 12.0. The summed E-state index contributed by atoms with van der Waals surface area (Å²) in [5.74, 6) is 6.12. The highest BCUT2D eigenvalue weighted by Crippen LogP contribution is 2.38. The molecule has 4 heteroatoms. The first-order valence-corrected chi connectivity index (χ1v) is 7.28. The SMILES string of the molecule is Cc1cccc(C#CC=C2CC3CCC(C2)N3C(=O)O)n1. The fourth-order valence-electron chi connectivity index (χ4n) is 3.31. The molecule has 2 fully saturated rings. The summed E-state index contributed by atoms with van der Waals surface area (Å²) < 4.78 is 0. The van der Waals surface area contributed by atoms with Gasteiger partial charge in [-0.1, -0.05) is 17.6 Å². The van der Waals surface area contributed by atoms with Gasteiger partial charge in [0.1, 0.15) is 5.69 Å². The first kappa shape index (κ1) is 13.7. The minimum absolute atomic E-state index is 0.145. The molecule has 4 nitrogen and oxygen atoms in total.